The van der Waals surface area contributed by atoms with E-state index in [0.29, 0.717) is 35.1 Å². The summed E-state index contributed by atoms with van der Waals surface area (Å²) in [5.41, 5.74) is 10.3. The standard InChI is InChI=1S/C32H26Cl2N4O2S/c33-24-17-25(34)19-28(18-24)38-29(39)32(14-5-15-36(32)31(38)40)20-21-10-12-22(13-11-21)23-6-4-9-27(16-23)37(30(35)41)26-7-2-1-3-8-26/h1-4,6-13,16-19H,5,14-15,20H2,(H2,35,41). The Morgan fingerprint density at radius 2 is 1.54 bits per heavy atom. The molecule has 0 saturated carbocycles. The molecule has 2 N–H and O–H groups in total. The molecule has 0 radical (unpaired) electrons. The van der Waals surface area contributed by atoms with Crippen LogP contribution in [0.1, 0.15) is 18.4 Å². The smallest absolute Gasteiger partial charge is 0.332 e. The summed E-state index contributed by atoms with van der Waals surface area (Å²) in [5.74, 6) is -0.242. The lowest BCUT2D eigenvalue weighted by Crippen LogP contribution is -2.47. The number of para-hydroxylation sites is 1. The van der Waals surface area contributed by atoms with Gasteiger partial charge in [0.05, 0.1) is 5.69 Å². The second kappa shape index (κ2) is 10.8. The van der Waals surface area contributed by atoms with Gasteiger partial charge in [-0.25, -0.2) is 9.69 Å². The molecule has 9 heteroatoms. The minimum absolute atomic E-state index is 0.242. The first kappa shape index (κ1) is 27.3. The van der Waals surface area contributed by atoms with Crippen LogP contribution in [0.2, 0.25) is 10.0 Å². The highest BCUT2D eigenvalue weighted by Crippen LogP contribution is 2.43. The molecule has 1 unspecified atom stereocenters. The number of carbonyl (C=O) groups is 2. The topological polar surface area (TPSA) is 69.9 Å². The van der Waals surface area contributed by atoms with Crippen molar-refractivity contribution < 1.29 is 9.59 Å². The second-order valence-electron chi connectivity index (χ2n) is 10.3. The SMILES string of the molecule is NC(=S)N(c1ccccc1)c1cccc(-c2ccc(CC34CCCN3C(=O)N(c3cc(Cl)cc(Cl)c3)C4=O)cc2)c1. The lowest BCUT2D eigenvalue weighted by Gasteiger charge is -2.28. The summed E-state index contributed by atoms with van der Waals surface area (Å²) >= 11 is 17.7. The molecule has 6 nitrogen and oxygen atoms in total. The van der Waals surface area contributed by atoms with Crippen LogP contribution in [0.15, 0.2) is 97.1 Å². The Labute approximate surface area is 253 Å². The Balaban J connectivity index is 1.27. The molecular weight excluding hydrogens is 575 g/mol. The van der Waals surface area contributed by atoms with E-state index < -0.39 is 5.54 Å². The molecule has 2 fully saturated rings. The quantitative estimate of drug-likeness (QED) is 0.182. The Morgan fingerprint density at radius 3 is 2.22 bits per heavy atom. The van der Waals surface area contributed by atoms with E-state index in [0.717, 1.165) is 34.5 Å². The van der Waals surface area contributed by atoms with E-state index in [9.17, 15) is 9.59 Å². The lowest BCUT2D eigenvalue weighted by molar-refractivity contribution is -0.123. The van der Waals surface area contributed by atoms with Gasteiger partial charge in [-0.05, 0) is 84.2 Å². The van der Waals surface area contributed by atoms with Gasteiger partial charge in [0.15, 0.2) is 5.11 Å². The largest absolute Gasteiger partial charge is 0.376 e. The number of nitrogens with two attached hydrogens (primary N) is 1. The van der Waals surface area contributed by atoms with Crippen molar-refractivity contribution in [2.45, 2.75) is 24.8 Å². The van der Waals surface area contributed by atoms with Crippen LogP contribution in [0.3, 0.4) is 0 Å². The van der Waals surface area contributed by atoms with E-state index in [2.05, 4.69) is 0 Å². The maximum absolute atomic E-state index is 13.9. The normalized spacial score (nSPS) is 18.1. The number of fused-ring (bicyclic) bond motifs is 1. The predicted molar refractivity (Wildman–Crippen MR) is 169 cm³/mol. The number of hydrogen-bond donors (Lipinski definition) is 1. The van der Waals surface area contributed by atoms with Crippen LogP contribution in [-0.4, -0.2) is 34.0 Å². The summed E-state index contributed by atoms with van der Waals surface area (Å²) in [6.45, 7) is 0.529. The van der Waals surface area contributed by atoms with Crippen molar-refractivity contribution in [3.63, 3.8) is 0 Å². The summed E-state index contributed by atoms with van der Waals surface area (Å²) in [5, 5.41) is 0.997. The van der Waals surface area contributed by atoms with Crippen LogP contribution in [0, 0.1) is 0 Å². The zero-order valence-electron chi connectivity index (χ0n) is 22.0. The zero-order valence-corrected chi connectivity index (χ0v) is 24.3. The van der Waals surface area contributed by atoms with Gasteiger partial charge in [-0.2, -0.15) is 0 Å². The van der Waals surface area contributed by atoms with Crippen LogP contribution in [-0.2, 0) is 11.2 Å². The van der Waals surface area contributed by atoms with Crippen molar-refractivity contribution in [1.82, 2.24) is 4.90 Å². The van der Waals surface area contributed by atoms with Crippen molar-refractivity contribution in [3.8, 4) is 11.1 Å². The molecule has 2 aliphatic rings. The second-order valence-corrected chi connectivity index (χ2v) is 11.6. The molecule has 1 atom stereocenters. The van der Waals surface area contributed by atoms with Gasteiger partial charge in [0, 0.05) is 34.4 Å². The molecule has 2 saturated heterocycles. The van der Waals surface area contributed by atoms with E-state index in [-0.39, 0.29) is 17.1 Å². The first-order valence-electron chi connectivity index (χ1n) is 13.2. The average molecular weight is 602 g/mol. The highest BCUT2D eigenvalue weighted by Gasteiger charge is 2.59. The molecule has 0 aliphatic carbocycles. The van der Waals surface area contributed by atoms with Gasteiger partial charge >= 0.3 is 6.03 Å². The highest BCUT2D eigenvalue weighted by atomic mass is 35.5. The number of halogens is 2. The third-order valence-corrected chi connectivity index (χ3v) is 8.36. The van der Waals surface area contributed by atoms with Crippen LogP contribution < -0.4 is 15.5 Å². The zero-order chi connectivity index (χ0) is 28.7. The summed E-state index contributed by atoms with van der Waals surface area (Å²) in [6.07, 6.45) is 1.79. The Hall–Kier alpha value is -3.91. The number of imide groups is 1. The van der Waals surface area contributed by atoms with Crippen LogP contribution in [0.4, 0.5) is 21.9 Å². The van der Waals surface area contributed by atoms with Crippen LogP contribution in [0.25, 0.3) is 11.1 Å². The average Bonchev–Trinajstić information content (AvgIpc) is 3.46. The number of rotatable bonds is 6. The van der Waals surface area contributed by atoms with Crippen LogP contribution >= 0.6 is 35.4 Å². The van der Waals surface area contributed by atoms with Crippen molar-refractivity contribution >= 4 is 69.5 Å². The first-order chi connectivity index (χ1) is 19.8. The Bertz CT molecular complexity index is 1640. The van der Waals surface area contributed by atoms with Gasteiger partial charge in [0.25, 0.3) is 5.91 Å². The van der Waals surface area contributed by atoms with Gasteiger partial charge in [0.2, 0.25) is 0 Å². The molecule has 0 spiro atoms. The minimum atomic E-state index is -0.930. The molecule has 0 bridgehead atoms. The predicted octanol–water partition coefficient (Wildman–Crippen LogP) is 7.59. The van der Waals surface area contributed by atoms with E-state index in [1.54, 1.807) is 23.1 Å². The van der Waals surface area contributed by atoms with E-state index in [1.807, 2.05) is 83.8 Å². The fourth-order valence-electron chi connectivity index (χ4n) is 5.91. The molecule has 4 aromatic carbocycles. The van der Waals surface area contributed by atoms with Crippen molar-refractivity contribution in [3.05, 3.63) is 113 Å². The molecular formula is C32H26Cl2N4O2S. The molecule has 2 heterocycles. The molecule has 2 aliphatic heterocycles. The van der Waals surface area contributed by atoms with Gasteiger partial charge in [0.1, 0.15) is 5.54 Å². The summed E-state index contributed by atoms with van der Waals surface area (Å²) in [4.78, 5) is 32.0. The third-order valence-electron chi connectivity index (χ3n) is 7.74. The van der Waals surface area contributed by atoms with Gasteiger partial charge < -0.3 is 10.6 Å². The molecule has 3 amide bonds. The molecule has 206 valence electrons. The van der Waals surface area contributed by atoms with E-state index in [4.69, 9.17) is 41.2 Å². The first-order valence-corrected chi connectivity index (χ1v) is 14.4. The fourth-order valence-corrected chi connectivity index (χ4v) is 6.63. The maximum atomic E-state index is 13.9. The highest BCUT2D eigenvalue weighted by molar-refractivity contribution is 7.80. The monoisotopic (exact) mass is 600 g/mol. The number of urea groups is 1. The van der Waals surface area contributed by atoms with Crippen LogP contribution in [0.5, 0.6) is 0 Å². The third kappa shape index (κ3) is 4.95. The molecule has 41 heavy (non-hydrogen) atoms. The van der Waals surface area contributed by atoms with E-state index >= 15 is 0 Å². The van der Waals surface area contributed by atoms with Gasteiger partial charge in [-0.15, -0.1) is 0 Å². The number of nitrogens with zero attached hydrogens (tertiary/aromatic N) is 3. The van der Waals surface area contributed by atoms with Gasteiger partial charge in [-0.1, -0.05) is 77.8 Å². The molecule has 0 aromatic heterocycles. The summed E-state index contributed by atoms with van der Waals surface area (Å²) in [7, 11) is 0. The fraction of sp³-hybridized carbons (Fsp3) is 0.156. The molecule has 4 aromatic rings. The van der Waals surface area contributed by atoms with Crippen molar-refractivity contribution in [2.75, 3.05) is 16.3 Å². The van der Waals surface area contributed by atoms with E-state index in [1.165, 1.54) is 4.90 Å². The molecule has 6 rings (SSSR count). The summed E-state index contributed by atoms with van der Waals surface area (Å²) in [6, 6.07) is 30.3. The minimum Gasteiger partial charge on any atom is -0.376 e. The maximum Gasteiger partial charge on any atom is 0.332 e. The van der Waals surface area contributed by atoms with Gasteiger partial charge in [-0.3, -0.25) is 9.69 Å². The van der Waals surface area contributed by atoms with Crippen molar-refractivity contribution in [1.29, 1.82) is 0 Å². The van der Waals surface area contributed by atoms with Crippen molar-refractivity contribution in [2.24, 2.45) is 5.73 Å². The Kier molecular flexibility index (Phi) is 7.20. The lowest BCUT2D eigenvalue weighted by atomic mass is 9.87. The Morgan fingerprint density at radius 1 is 0.854 bits per heavy atom. The summed E-state index contributed by atoms with van der Waals surface area (Å²) < 4.78 is 0. The number of anilines is 3. The number of hydrogen-bond acceptors (Lipinski definition) is 3. The number of benzene rings is 4. The number of amides is 3. The number of thiocarbonyl (C=S) groups is 1. The number of carbonyl (C=O) groups excluding carboxylic acids is 2.